The van der Waals surface area contributed by atoms with E-state index in [1.165, 1.54) is 0 Å². The van der Waals surface area contributed by atoms with Crippen LogP contribution in [0.25, 0.3) is 11.0 Å². The van der Waals surface area contributed by atoms with Crippen LogP contribution in [0.4, 0.5) is 0 Å². The van der Waals surface area contributed by atoms with Crippen LogP contribution in [-0.2, 0) is 0 Å². The van der Waals surface area contributed by atoms with E-state index in [1.807, 2.05) is 12.1 Å². The maximum Gasteiger partial charge on any atom is 0.175 e. The molecule has 0 fully saturated rings. The van der Waals surface area contributed by atoms with Crippen molar-refractivity contribution in [1.82, 2.24) is 9.97 Å². The predicted molar refractivity (Wildman–Crippen MR) is 58.0 cm³/mol. The normalized spacial score (nSPS) is 10.7. The van der Waals surface area contributed by atoms with Crippen molar-refractivity contribution in [2.45, 2.75) is 0 Å². The minimum absolute atomic E-state index is 0.725. The number of nitrogens with zero attached hydrogens (tertiary/aromatic N) is 1. The number of rotatable bonds is 1. The molecule has 0 aliphatic carbocycles. The van der Waals surface area contributed by atoms with Gasteiger partial charge in [0.15, 0.2) is 4.73 Å². The Labute approximate surface area is 91.8 Å². The molecule has 1 heterocycles. The summed E-state index contributed by atoms with van der Waals surface area (Å²) >= 11 is 6.67. The number of H-pyrrole nitrogens is 1. The number of benzene rings is 1. The van der Waals surface area contributed by atoms with Crippen LogP contribution < -0.4 is 4.74 Å². The van der Waals surface area contributed by atoms with E-state index >= 15 is 0 Å². The van der Waals surface area contributed by atoms with Crippen LogP contribution in [0.5, 0.6) is 5.75 Å². The lowest BCUT2D eigenvalue weighted by Gasteiger charge is -2.01. The molecule has 0 atom stereocenters. The first-order chi connectivity index (χ1) is 6.20. The van der Waals surface area contributed by atoms with Gasteiger partial charge >= 0.3 is 0 Å². The van der Waals surface area contributed by atoms with Gasteiger partial charge in [0.1, 0.15) is 5.75 Å². The number of hydrogen-bond donors (Lipinski definition) is 1. The van der Waals surface area contributed by atoms with Crippen LogP contribution >= 0.6 is 31.9 Å². The molecule has 2 rings (SSSR count). The maximum atomic E-state index is 5.15. The molecule has 1 aromatic carbocycles. The molecule has 3 nitrogen and oxygen atoms in total. The Kier molecular flexibility index (Phi) is 2.29. The molecule has 0 saturated carbocycles. The zero-order valence-electron chi connectivity index (χ0n) is 6.77. The first kappa shape index (κ1) is 9.02. The zero-order valence-corrected chi connectivity index (χ0v) is 9.94. The smallest absolute Gasteiger partial charge is 0.175 e. The number of nitrogens with one attached hydrogen (secondary N) is 1. The molecule has 0 bridgehead atoms. The predicted octanol–water partition coefficient (Wildman–Crippen LogP) is 3.10. The molecule has 2 aromatic rings. The van der Waals surface area contributed by atoms with Crippen molar-refractivity contribution in [2.75, 3.05) is 7.11 Å². The van der Waals surface area contributed by atoms with Gasteiger partial charge in [0.05, 0.1) is 22.6 Å². The Bertz CT molecular complexity index is 453. The summed E-state index contributed by atoms with van der Waals surface area (Å²) in [4.78, 5) is 7.29. The van der Waals surface area contributed by atoms with Crippen molar-refractivity contribution < 1.29 is 4.74 Å². The quantitative estimate of drug-likeness (QED) is 0.879. The highest BCUT2D eigenvalue weighted by Gasteiger charge is 2.05. The lowest BCUT2D eigenvalue weighted by atomic mass is 10.3. The van der Waals surface area contributed by atoms with Gasteiger partial charge in [-0.05, 0) is 37.9 Å². The molecule has 0 unspecified atom stereocenters. The lowest BCUT2D eigenvalue weighted by Crippen LogP contribution is -1.83. The highest BCUT2D eigenvalue weighted by atomic mass is 79.9. The standard InChI is InChI=1S/C8H6Br2N2O/c1-13-7-3-6-5(2-4(7)9)11-8(10)12-6/h2-3H,1H3,(H,11,12). The summed E-state index contributed by atoms with van der Waals surface area (Å²) in [7, 11) is 1.63. The second kappa shape index (κ2) is 3.31. The Morgan fingerprint density at radius 3 is 2.85 bits per heavy atom. The van der Waals surface area contributed by atoms with Crippen molar-refractivity contribution in [3.05, 3.63) is 21.3 Å². The van der Waals surface area contributed by atoms with Crippen molar-refractivity contribution in [1.29, 1.82) is 0 Å². The topological polar surface area (TPSA) is 37.9 Å². The second-order valence-electron chi connectivity index (χ2n) is 2.53. The van der Waals surface area contributed by atoms with Gasteiger partial charge in [-0.3, -0.25) is 0 Å². The van der Waals surface area contributed by atoms with Crippen molar-refractivity contribution >= 4 is 42.9 Å². The van der Waals surface area contributed by atoms with E-state index in [0.717, 1.165) is 26.0 Å². The largest absolute Gasteiger partial charge is 0.495 e. The summed E-state index contributed by atoms with van der Waals surface area (Å²) in [6.45, 7) is 0. The molecule has 1 N–H and O–H groups in total. The van der Waals surface area contributed by atoms with Crippen molar-refractivity contribution in [3.8, 4) is 5.75 Å². The summed E-state index contributed by atoms with van der Waals surface area (Å²) in [5, 5.41) is 0. The minimum Gasteiger partial charge on any atom is -0.495 e. The molecular formula is C8H6Br2N2O. The minimum atomic E-state index is 0.725. The summed E-state index contributed by atoms with van der Waals surface area (Å²) in [6.07, 6.45) is 0. The summed E-state index contributed by atoms with van der Waals surface area (Å²) < 4.78 is 6.79. The highest BCUT2D eigenvalue weighted by molar-refractivity contribution is 9.10. The van der Waals surface area contributed by atoms with Gasteiger partial charge in [-0.25, -0.2) is 4.98 Å². The molecule has 0 spiro atoms. The van der Waals surface area contributed by atoms with Crippen LogP contribution in [-0.4, -0.2) is 17.1 Å². The van der Waals surface area contributed by atoms with Gasteiger partial charge in [-0.1, -0.05) is 0 Å². The van der Waals surface area contributed by atoms with Crippen LogP contribution in [0.3, 0.4) is 0 Å². The van der Waals surface area contributed by atoms with Crippen LogP contribution in [0, 0.1) is 0 Å². The molecular weight excluding hydrogens is 300 g/mol. The fourth-order valence-corrected chi connectivity index (χ4v) is 2.05. The molecule has 13 heavy (non-hydrogen) atoms. The first-order valence-corrected chi connectivity index (χ1v) is 5.18. The number of ether oxygens (including phenoxy) is 1. The van der Waals surface area contributed by atoms with E-state index in [1.54, 1.807) is 7.11 Å². The lowest BCUT2D eigenvalue weighted by molar-refractivity contribution is 0.412. The Hall–Kier alpha value is -0.550. The van der Waals surface area contributed by atoms with E-state index in [0.29, 0.717) is 0 Å². The van der Waals surface area contributed by atoms with Crippen molar-refractivity contribution in [3.63, 3.8) is 0 Å². The van der Waals surface area contributed by atoms with Crippen LogP contribution in [0.15, 0.2) is 21.3 Å². The molecule has 68 valence electrons. The second-order valence-corrected chi connectivity index (χ2v) is 4.14. The number of aromatic amines is 1. The number of methoxy groups -OCH3 is 1. The maximum absolute atomic E-state index is 5.15. The Morgan fingerprint density at radius 2 is 2.15 bits per heavy atom. The van der Waals surface area contributed by atoms with Crippen LogP contribution in [0.2, 0.25) is 0 Å². The number of halogens is 2. The fourth-order valence-electron chi connectivity index (χ4n) is 1.14. The molecule has 1 aromatic heterocycles. The van der Waals surface area contributed by atoms with E-state index in [2.05, 4.69) is 41.8 Å². The average Bonchev–Trinajstić information content (AvgIpc) is 2.42. The van der Waals surface area contributed by atoms with E-state index in [9.17, 15) is 0 Å². The number of hydrogen-bond acceptors (Lipinski definition) is 2. The summed E-state index contributed by atoms with van der Waals surface area (Å²) in [5.41, 5.74) is 1.85. The van der Waals surface area contributed by atoms with E-state index in [4.69, 9.17) is 4.74 Å². The van der Waals surface area contributed by atoms with E-state index in [-0.39, 0.29) is 0 Å². The number of imidazole rings is 1. The van der Waals surface area contributed by atoms with Gasteiger partial charge in [0, 0.05) is 6.07 Å². The molecule has 0 aliphatic heterocycles. The fraction of sp³-hybridized carbons (Fsp3) is 0.125. The van der Waals surface area contributed by atoms with Gasteiger partial charge in [-0.2, -0.15) is 0 Å². The molecule has 5 heteroatoms. The third-order valence-electron chi connectivity index (χ3n) is 1.73. The van der Waals surface area contributed by atoms with Gasteiger partial charge in [-0.15, -0.1) is 0 Å². The van der Waals surface area contributed by atoms with Gasteiger partial charge < -0.3 is 9.72 Å². The van der Waals surface area contributed by atoms with Crippen LogP contribution in [0.1, 0.15) is 0 Å². The van der Waals surface area contributed by atoms with E-state index < -0.39 is 0 Å². The average molecular weight is 306 g/mol. The molecule has 0 saturated heterocycles. The number of aromatic nitrogens is 2. The van der Waals surface area contributed by atoms with Gasteiger partial charge in [0.25, 0.3) is 0 Å². The monoisotopic (exact) mass is 304 g/mol. The Morgan fingerprint density at radius 1 is 1.38 bits per heavy atom. The van der Waals surface area contributed by atoms with Crippen molar-refractivity contribution in [2.24, 2.45) is 0 Å². The molecule has 0 amide bonds. The zero-order chi connectivity index (χ0) is 9.42. The third kappa shape index (κ3) is 1.58. The third-order valence-corrected chi connectivity index (χ3v) is 2.72. The summed E-state index contributed by atoms with van der Waals surface area (Å²) in [5.74, 6) is 0.784. The first-order valence-electron chi connectivity index (χ1n) is 3.59. The van der Waals surface area contributed by atoms with Gasteiger partial charge in [0.2, 0.25) is 0 Å². The highest BCUT2D eigenvalue weighted by Crippen LogP contribution is 2.29. The molecule has 0 aliphatic rings. The molecule has 0 radical (unpaired) electrons. The summed E-state index contributed by atoms with van der Waals surface area (Å²) in [6, 6.07) is 3.81. The SMILES string of the molecule is COc1cc2nc(Br)[nH]c2cc1Br. The number of fused-ring (bicyclic) bond motifs is 1. The Balaban J connectivity index is 2.72.